The van der Waals surface area contributed by atoms with Gasteiger partial charge in [0.25, 0.3) is 0 Å². The smallest absolute Gasteiger partial charge is 0.462 e. The van der Waals surface area contributed by atoms with Crippen LogP contribution in [0, 0.1) is 17.8 Å². The van der Waals surface area contributed by atoms with Crippen LogP contribution in [0.3, 0.4) is 0 Å². The molecule has 0 bridgehead atoms. The van der Waals surface area contributed by atoms with Gasteiger partial charge in [-0.25, -0.2) is 4.79 Å². The topological polar surface area (TPSA) is 78.9 Å². The largest absolute Gasteiger partial charge is 0.504 e. The van der Waals surface area contributed by atoms with E-state index in [-0.39, 0.29) is 18.4 Å². The van der Waals surface area contributed by atoms with Crippen LogP contribution in [0.2, 0.25) is 0 Å². The molecular weight excluding hydrogens is 338 g/mol. The molecule has 0 heterocycles. The average Bonchev–Trinajstić information content (AvgIpc) is 2.57. The van der Waals surface area contributed by atoms with Crippen molar-refractivity contribution in [1.82, 2.24) is 0 Å². The van der Waals surface area contributed by atoms with Gasteiger partial charge in [0.2, 0.25) is 0 Å². The first-order valence-electron chi connectivity index (χ1n) is 8.59. The second-order valence-electron chi connectivity index (χ2n) is 6.61. The lowest BCUT2D eigenvalue weighted by molar-refractivity contribution is -0.247. The highest BCUT2D eigenvalue weighted by Gasteiger charge is 2.47. The summed E-state index contributed by atoms with van der Waals surface area (Å²) in [6, 6.07) is 0. The fourth-order valence-corrected chi connectivity index (χ4v) is 2.35. The molecule has 25 heavy (non-hydrogen) atoms. The fourth-order valence-electron chi connectivity index (χ4n) is 2.35. The maximum atomic E-state index is 13.6. The monoisotopic (exact) mass is 364 g/mol. The van der Waals surface area contributed by atoms with Crippen molar-refractivity contribution in [2.45, 2.75) is 59.0 Å². The molecule has 144 valence electrons. The van der Waals surface area contributed by atoms with Gasteiger partial charge in [0.1, 0.15) is 13.2 Å². The van der Waals surface area contributed by atoms with E-state index in [0.717, 1.165) is 19.3 Å². The highest BCUT2D eigenvalue weighted by molar-refractivity contribution is 5.81. The van der Waals surface area contributed by atoms with E-state index in [1.54, 1.807) is 6.92 Å². The van der Waals surface area contributed by atoms with Crippen LogP contribution in [0.15, 0.2) is 0 Å². The Labute approximate surface area is 146 Å². The Morgan fingerprint density at radius 1 is 1.00 bits per heavy atom. The Bertz CT molecular complexity index is 472. The zero-order chi connectivity index (χ0) is 19.0. The van der Waals surface area contributed by atoms with Crippen LogP contribution in [0.25, 0.3) is 0 Å². The number of alkyl halides is 2. The Balaban J connectivity index is 2.34. The summed E-state index contributed by atoms with van der Waals surface area (Å²) in [6.45, 7) is 4.48. The Kier molecular flexibility index (Phi) is 8.25. The van der Waals surface area contributed by atoms with E-state index in [1.165, 1.54) is 0 Å². The third-order valence-corrected chi connectivity index (χ3v) is 4.34. The summed E-state index contributed by atoms with van der Waals surface area (Å²) in [7, 11) is 0. The first-order valence-corrected chi connectivity index (χ1v) is 8.59. The first-order chi connectivity index (χ1) is 11.6. The third-order valence-electron chi connectivity index (χ3n) is 4.34. The quantitative estimate of drug-likeness (QED) is 0.374. The molecule has 0 aliphatic heterocycles. The number of halogens is 2. The summed E-state index contributed by atoms with van der Waals surface area (Å²) in [6.07, 6.45) is -0.881. The van der Waals surface area contributed by atoms with Crippen molar-refractivity contribution < 1.29 is 37.4 Å². The van der Waals surface area contributed by atoms with Crippen molar-refractivity contribution in [3.8, 4) is 0 Å². The maximum absolute atomic E-state index is 13.6. The van der Waals surface area contributed by atoms with Crippen LogP contribution in [-0.4, -0.2) is 37.2 Å². The zero-order valence-electron chi connectivity index (χ0n) is 14.9. The van der Waals surface area contributed by atoms with Gasteiger partial charge in [0.15, 0.2) is 0 Å². The minimum atomic E-state index is -4.34. The van der Waals surface area contributed by atoms with Gasteiger partial charge in [0, 0.05) is 0 Å². The number of hydrogen-bond donors (Lipinski definition) is 0. The van der Waals surface area contributed by atoms with Gasteiger partial charge >= 0.3 is 24.0 Å². The molecule has 1 aliphatic carbocycles. The van der Waals surface area contributed by atoms with E-state index in [9.17, 15) is 23.2 Å². The Morgan fingerprint density at radius 3 is 2.12 bits per heavy atom. The highest BCUT2D eigenvalue weighted by atomic mass is 19.3. The van der Waals surface area contributed by atoms with Crippen molar-refractivity contribution in [2.75, 3.05) is 13.2 Å². The minimum Gasteiger partial charge on any atom is -0.462 e. The van der Waals surface area contributed by atoms with Crippen LogP contribution >= 0.6 is 0 Å². The van der Waals surface area contributed by atoms with Crippen molar-refractivity contribution >= 4 is 17.9 Å². The molecule has 0 aromatic carbocycles. The summed E-state index contributed by atoms with van der Waals surface area (Å²) in [5.74, 6) is -4.44. The molecule has 1 rings (SSSR count). The SMILES string of the molecule is CC(C)C(C)C(=O)OCCOC(=O)C(F)(F)OC(=O)C1CCCCC1. The van der Waals surface area contributed by atoms with Crippen molar-refractivity contribution in [2.24, 2.45) is 17.8 Å². The van der Waals surface area contributed by atoms with Gasteiger partial charge in [0.05, 0.1) is 11.8 Å². The molecule has 0 spiro atoms. The van der Waals surface area contributed by atoms with E-state index in [0.29, 0.717) is 12.8 Å². The molecule has 0 amide bonds. The minimum absolute atomic E-state index is 0.0681. The summed E-state index contributed by atoms with van der Waals surface area (Å²) in [5.41, 5.74) is 0. The molecular formula is C17H26F2O6. The third kappa shape index (κ3) is 6.96. The van der Waals surface area contributed by atoms with Gasteiger partial charge in [-0.1, -0.05) is 40.0 Å². The molecule has 1 saturated carbocycles. The molecule has 1 fully saturated rings. The summed E-state index contributed by atoms with van der Waals surface area (Å²) in [5, 5.41) is 0. The molecule has 0 radical (unpaired) electrons. The maximum Gasteiger partial charge on any atom is 0.504 e. The number of rotatable bonds is 8. The molecule has 1 atom stereocenters. The van der Waals surface area contributed by atoms with Crippen LogP contribution in [0.1, 0.15) is 52.9 Å². The normalized spacial score (nSPS) is 17.0. The average molecular weight is 364 g/mol. The number of carbonyl (C=O) groups excluding carboxylic acids is 3. The second kappa shape index (κ2) is 9.68. The highest BCUT2D eigenvalue weighted by Crippen LogP contribution is 2.28. The standard InChI is InChI=1S/C17H26F2O6/c1-11(2)12(3)14(20)23-9-10-24-16(22)17(18,19)25-15(21)13-7-5-4-6-8-13/h11-13H,4-10H2,1-3H3. The lowest BCUT2D eigenvalue weighted by Crippen LogP contribution is -2.39. The molecule has 1 aliphatic rings. The molecule has 8 heteroatoms. The fraction of sp³-hybridized carbons (Fsp3) is 0.824. The number of ether oxygens (including phenoxy) is 3. The van der Waals surface area contributed by atoms with Crippen molar-refractivity contribution in [3.05, 3.63) is 0 Å². The summed E-state index contributed by atoms with van der Waals surface area (Å²) in [4.78, 5) is 34.6. The number of carbonyl (C=O) groups is 3. The van der Waals surface area contributed by atoms with E-state index in [4.69, 9.17) is 4.74 Å². The van der Waals surface area contributed by atoms with E-state index in [2.05, 4.69) is 9.47 Å². The van der Waals surface area contributed by atoms with E-state index < -0.39 is 36.5 Å². The first kappa shape index (κ1) is 21.3. The Hall–Kier alpha value is -1.73. The van der Waals surface area contributed by atoms with Crippen molar-refractivity contribution in [1.29, 1.82) is 0 Å². The number of esters is 3. The zero-order valence-corrected chi connectivity index (χ0v) is 14.9. The molecule has 0 N–H and O–H groups in total. The van der Waals surface area contributed by atoms with Gasteiger partial charge < -0.3 is 14.2 Å². The van der Waals surface area contributed by atoms with E-state index in [1.807, 2.05) is 13.8 Å². The van der Waals surface area contributed by atoms with Gasteiger partial charge in [-0.15, -0.1) is 0 Å². The van der Waals surface area contributed by atoms with Crippen molar-refractivity contribution in [3.63, 3.8) is 0 Å². The number of hydrogen-bond acceptors (Lipinski definition) is 6. The molecule has 6 nitrogen and oxygen atoms in total. The van der Waals surface area contributed by atoms with Crippen LogP contribution < -0.4 is 0 Å². The predicted octanol–water partition coefficient (Wildman–Crippen LogP) is 3.08. The van der Waals surface area contributed by atoms with Crippen LogP contribution in [0.5, 0.6) is 0 Å². The lowest BCUT2D eigenvalue weighted by Gasteiger charge is -2.22. The predicted molar refractivity (Wildman–Crippen MR) is 83.5 cm³/mol. The second-order valence-corrected chi connectivity index (χ2v) is 6.61. The summed E-state index contributed by atoms with van der Waals surface area (Å²) < 4.78 is 40.4. The molecule has 1 unspecified atom stereocenters. The molecule has 0 saturated heterocycles. The van der Waals surface area contributed by atoms with Crippen LogP contribution in [0.4, 0.5) is 8.78 Å². The molecule has 0 aromatic rings. The molecule has 0 aromatic heterocycles. The van der Waals surface area contributed by atoms with E-state index >= 15 is 0 Å². The Morgan fingerprint density at radius 2 is 1.56 bits per heavy atom. The van der Waals surface area contributed by atoms with Crippen LogP contribution in [-0.2, 0) is 28.6 Å². The lowest BCUT2D eigenvalue weighted by atomic mass is 9.89. The summed E-state index contributed by atoms with van der Waals surface area (Å²) >= 11 is 0. The van der Waals surface area contributed by atoms with Gasteiger partial charge in [-0.2, -0.15) is 8.78 Å². The van der Waals surface area contributed by atoms with Gasteiger partial charge in [-0.3, -0.25) is 9.59 Å². The van der Waals surface area contributed by atoms with Gasteiger partial charge in [-0.05, 0) is 18.8 Å².